The summed E-state index contributed by atoms with van der Waals surface area (Å²) in [5, 5.41) is 5.42. The maximum atomic E-state index is 16.2. The first-order valence-electron chi connectivity index (χ1n) is 18.6. The number of halogens is 2. The number of hydrogen-bond acceptors (Lipinski definition) is 0. The van der Waals surface area contributed by atoms with Crippen molar-refractivity contribution in [1.82, 2.24) is 4.57 Å². The van der Waals surface area contributed by atoms with Crippen molar-refractivity contribution in [3.8, 4) is 72.6 Å². The molecule has 258 valence electrons. The van der Waals surface area contributed by atoms with Crippen molar-refractivity contribution in [2.45, 2.75) is 0 Å². The van der Waals surface area contributed by atoms with Gasteiger partial charge in [-0.1, -0.05) is 158 Å². The van der Waals surface area contributed by atoms with E-state index in [1.165, 1.54) is 45.2 Å². The number of hydrogen-bond donors (Lipinski definition) is 0. The van der Waals surface area contributed by atoms with Gasteiger partial charge >= 0.3 is 0 Å². The Morgan fingerprint density at radius 1 is 0.309 bits per heavy atom. The first kappa shape index (κ1) is 31.4. The van der Waals surface area contributed by atoms with Crippen LogP contribution in [0, 0.1) is 11.6 Å². The second-order valence-corrected chi connectivity index (χ2v) is 14.2. The fraction of sp³-hybridized carbons (Fsp3) is 0. The van der Waals surface area contributed by atoms with Crippen molar-refractivity contribution in [2.24, 2.45) is 0 Å². The molecule has 1 nitrogen and oxygen atoms in total. The third-order valence-corrected chi connectivity index (χ3v) is 11.3. The van der Waals surface area contributed by atoms with Crippen molar-refractivity contribution >= 4 is 32.4 Å². The van der Waals surface area contributed by atoms with E-state index in [0.29, 0.717) is 22.4 Å². The van der Waals surface area contributed by atoms with E-state index in [1.807, 2.05) is 30.3 Å². The Morgan fingerprint density at radius 2 is 0.782 bits per heavy atom. The summed E-state index contributed by atoms with van der Waals surface area (Å²) in [6.07, 6.45) is 0. The van der Waals surface area contributed by atoms with Gasteiger partial charge in [0.15, 0.2) is 0 Å². The first-order valence-corrected chi connectivity index (χ1v) is 18.6. The Hall–Kier alpha value is -7.10. The Bertz CT molecular complexity index is 3070. The first-order chi connectivity index (χ1) is 27.2. The van der Waals surface area contributed by atoms with Crippen LogP contribution in [0.1, 0.15) is 0 Å². The highest BCUT2D eigenvalue weighted by molar-refractivity contribution is 6.28. The third-order valence-electron chi connectivity index (χ3n) is 11.3. The van der Waals surface area contributed by atoms with Crippen LogP contribution in [-0.4, -0.2) is 4.57 Å². The topological polar surface area (TPSA) is 4.93 Å². The van der Waals surface area contributed by atoms with E-state index >= 15 is 8.78 Å². The summed E-state index contributed by atoms with van der Waals surface area (Å²) in [7, 11) is 0. The molecule has 1 aliphatic carbocycles. The van der Waals surface area contributed by atoms with Crippen LogP contribution >= 0.6 is 0 Å². The lowest BCUT2D eigenvalue weighted by Gasteiger charge is -2.20. The van der Waals surface area contributed by atoms with Gasteiger partial charge in [-0.25, -0.2) is 8.78 Å². The van der Waals surface area contributed by atoms with Crippen LogP contribution in [0.25, 0.3) is 105 Å². The summed E-state index contributed by atoms with van der Waals surface area (Å²) in [5.41, 5.74) is 13.3. The second kappa shape index (κ2) is 12.2. The van der Waals surface area contributed by atoms with Gasteiger partial charge in [0.05, 0.1) is 16.9 Å². The lowest BCUT2D eigenvalue weighted by atomic mass is 9.82. The molecule has 0 saturated carbocycles. The van der Waals surface area contributed by atoms with Crippen LogP contribution in [0.15, 0.2) is 188 Å². The van der Waals surface area contributed by atoms with E-state index in [1.54, 1.807) is 24.3 Å². The molecule has 0 bridgehead atoms. The standard InChI is InChI=1S/C52H31F2N/c53-42-27-12-9-22-36(42)49-39-24-11-14-29-44(39)55(52(49)37-23-10-13-28-43(37)54)45-31-30-41-48-38(45)25-15-26-40(48)50-46(32-16-3-1-4-17-32)34-20-7-8-21-35(34)47(51(41)50)33-18-5-2-6-19-33/h1-31H. The van der Waals surface area contributed by atoms with Gasteiger partial charge < -0.3 is 4.57 Å². The minimum atomic E-state index is -0.367. The van der Waals surface area contributed by atoms with Gasteiger partial charge in [0, 0.05) is 27.5 Å². The zero-order chi connectivity index (χ0) is 36.6. The van der Waals surface area contributed by atoms with Crippen molar-refractivity contribution in [2.75, 3.05) is 0 Å². The van der Waals surface area contributed by atoms with Crippen molar-refractivity contribution in [1.29, 1.82) is 0 Å². The van der Waals surface area contributed by atoms with Crippen LogP contribution in [0.4, 0.5) is 8.78 Å². The van der Waals surface area contributed by atoms with Gasteiger partial charge in [-0.05, 0) is 91.0 Å². The molecule has 1 heterocycles. The summed E-state index contributed by atoms with van der Waals surface area (Å²) >= 11 is 0. The maximum Gasteiger partial charge on any atom is 0.132 e. The van der Waals surface area contributed by atoms with E-state index in [4.69, 9.17) is 0 Å². The monoisotopic (exact) mass is 707 g/mol. The molecule has 0 spiro atoms. The second-order valence-electron chi connectivity index (χ2n) is 14.2. The lowest BCUT2D eigenvalue weighted by molar-refractivity contribution is 0.628. The van der Waals surface area contributed by atoms with Crippen LogP contribution in [0.2, 0.25) is 0 Å². The average Bonchev–Trinajstić information content (AvgIpc) is 3.75. The molecule has 9 aromatic carbocycles. The fourth-order valence-corrected chi connectivity index (χ4v) is 9.12. The van der Waals surface area contributed by atoms with E-state index in [0.717, 1.165) is 49.6 Å². The largest absolute Gasteiger partial charge is 0.308 e. The summed E-state index contributed by atoms with van der Waals surface area (Å²) in [5.74, 6) is -0.720. The van der Waals surface area contributed by atoms with Gasteiger partial charge in [-0.3, -0.25) is 0 Å². The maximum absolute atomic E-state index is 16.2. The Balaban J connectivity index is 1.30. The minimum Gasteiger partial charge on any atom is -0.308 e. The number of rotatable bonds is 5. The number of fused-ring (bicyclic) bond motifs is 5. The summed E-state index contributed by atoms with van der Waals surface area (Å²) in [4.78, 5) is 0. The predicted octanol–water partition coefficient (Wildman–Crippen LogP) is 14.5. The van der Waals surface area contributed by atoms with E-state index in [2.05, 4.69) is 126 Å². The smallest absolute Gasteiger partial charge is 0.132 e. The van der Waals surface area contributed by atoms with Crippen LogP contribution in [0.5, 0.6) is 0 Å². The number of benzene rings is 9. The van der Waals surface area contributed by atoms with Crippen molar-refractivity contribution in [3.05, 3.63) is 200 Å². The molecule has 1 aromatic heterocycles. The van der Waals surface area contributed by atoms with Gasteiger partial charge in [0.2, 0.25) is 0 Å². The molecule has 0 N–H and O–H groups in total. The zero-order valence-electron chi connectivity index (χ0n) is 29.6. The molecule has 10 aromatic rings. The number of para-hydroxylation sites is 1. The highest BCUT2D eigenvalue weighted by Crippen LogP contribution is 2.58. The van der Waals surface area contributed by atoms with Gasteiger partial charge in [-0.15, -0.1) is 0 Å². The average molecular weight is 708 g/mol. The van der Waals surface area contributed by atoms with Gasteiger partial charge in [0.1, 0.15) is 11.6 Å². The van der Waals surface area contributed by atoms with Crippen molar-refractivity contribution < 1.29 is 8.78 Å². The summed E-state index contributed by atoms with van der Waals surface area (Å²) < 4.78 is 34.2. The lowest BCUT2D eigenvalue weighted by Crippen LogP contribution is -2.01. The summed E-state index contributed by atoms with van der Waals surface area (Å²) in [6.45, 7) is 0. The SMILES string of the molecule is Fc1ccccc1-c1c(-c2ccccc2F)n(-c2ccc3c4c(cccc24)-c2c-3c(-c3ccccc3)c3ccccc3c2-c2ccccc2)c2ccccc12. The van der Waals surface area contributed by atoms with Gasteiger partial charge in [0.25, 0.3) is 0 Å². The molecule has 0 fully saturated rings. The molecule has 3 heteroatoms. The van der Waals surface area contributed by atoms with Crippen molar-refractivity contribution in [3.63, 3.8) is 0 Å². The fourth-order valence-electron chi connectivity index (χ4n) is 9.12. The number of aromatic nitrogens is 1. The Labute approximate surface area is 317 Å². The zero-order valence-corrected chi connectivity index (χ0v) is 29.6. The Morgan fingerprint density at radius 3 is 1.40 bits per heavy atom. The highest BCUT2D eigenvalue weighted by Gasteiger charge is 2.32. The molecule has 0 aliphatic heterocycles. The van der Waals surface area contributed by atoms with E-state index < -0.39 is 0 Å². The molecule has 0 atom stereocenters. The molecule has 11 rings (SSSR count). The molecule has 1 aliphatic rings. The molecule has 0 amide bonds. The predicted molar refractivity (Wildman–Crippen MR) is 224 cm³/mol. The summed E-state index contributed by atoms with van der Waals surface area (Å²) in [6, 6.07) is 62.7. The molecular weight excluding hydrogens is 677 g/mol. The van der Waals surface area contributed by atoms with Crippen LogP contribution < -0.4 is 0 Å². The Kier molecular flexibility index (Phi) is 6.99. The molecule has 0 unspecified atom stereocenters. The quantitative estimate of drug-likeness (QED) is 0.168. The van der Waals surface area contributed by atoms with Gasteiger partial charge in [-0.2, -0.15) is 0 Å². The minimum absolute atomic E-state index is 0.354. The third kappa shape index (κ3) is 4.57. The van der Waals surface area contributed by atoms with Crippen LogP contribution in [0.3, 0.4) is 0 Å². The molecule has 0 radical (unpaired) electrons. The van der Waals surface area contributed by atoms with E-state index in [-0.39, 0.29) is 11.6 Å². The van der Waals surface area contributed by atoms with E-state index in [9.17, 15) is 0 Å². The molecule has 55 heavy (non-hydrogen) atoms. The highest BCUT2D eigenvalue weighted by atomic mass is 19.1. The normalized spacial score (nSPS) is 11.8. The molecular formula is C52H31F2N. The number of nitrogens with zero attached hydrogens (tertiary/aromatic N) is 1. The van der Waals surface area contributed by atoms with Crippen LogP contribution in [-0.2, 0) is 0 Å². The molecule has 0 saturated heterocycles.